The Labute approximate surface area is 129 Å². The van der Waals surface area contributed by atoms with Gasteiger partial charge in [-0.25, -0.2) is 12.8 Å². The van der Waals surface area contributed by atoms with Crippen molar-refractivity contribution >= 4 is 15.7 Å². The summed E-state index contributed by atoms with van der Waals surface area (Å²) in [6.45, 7) is 5.25. The van der Waals surface area contributed by atoms with Crippen LogP contribution in [0.1, 0.15) is 19.4 Å². The summed E-state index contributed by atoms with van der Waals surface area (Å²) in [7, 11) is -3.98. The normalized spacial score (nSPS) is 11.5. The van der Waals surface area contributed by atoms with Gasteiger partial charge in [0.25, 0.3) is 10.0 Å². The number of aromatic nitrogens is 1. The van der Waals surface area contributed by atoms with Crippen LogP contribution in [0, 0.1) is 12.7 Å². The third-order valence-corrected chi connectivity index (χ3v) is 4.21. The van der Waals surface area contributed by atoms with Crippen molar-refractivity contribution in [3.63, 3.8) is 0 Å². The summed E-state index contributed by atoms with van der Waals surface area (Å²) in [6, 6.07) is 4.95. The predicted molar refractivity (Wildman–Crippen MR) is 81.9 cm³/mol. The number of sulfonamides is 1. The van der Waals surface area contributed by atoms with Crippen molar-refractivity contribution in [1.29, 1.82) is 0 Å². The Kier molecular flexibility index (Phi) is 4.65. The van der Waals surface area contributed by atoms with Crippen LogP contribution in [0.25, 0.3) is 0 Å². The summed E-state index contributed by atoms with van der Waals surface area (Å²) in [5, 5.41) is 0. The third-order valence-electron chi connectivity index (χ3n) is 2.82. The summed E-state index contributed by atoms with van der Waals surface area (Å²) >= 11 is 0. The minimum absolute atomic E-state index is 0.107. The van der Waals surface area contributed by atoms with Crippen molar-refractivity contribution in [2.24, 2.45) is 0 Å². The number of halogens is 1. The van der Waals surface area contributed by atoms with Crippen LogP contribution < -0.4 is 9.46 Å². The molecule has 1 N–H and O–H groups in total. The average Bonchev–Trinajstić information content (AvgIpc) is 2.42. The van der Waals surface area contributed by atoms with Crippen molar-refractivity contribution < 1.29 is 17.5 Å². The van der Waals surface area contributed by atoms with Gasteiger partial charge in [-0.3, -0.25) is 9.71 Å². The van der Waals surface area contributed by atoms with Crippen LogP contribution in [0.3, 0.4) is 0 Å². The smallest absolute Gasteiger partial charge is 0.265 e. The first-order valence-corrected chi connectivity index (χ1v) is 8.17. The average molecular weight is 324 g/mol. The molecule has 1 heterocycles. The van der Waals surface area contributed by atoms with E-state index in [0.29, 0.717) is 11.3 Å². The van der Waals surface area contributed by atoms with Crippen LogP contribution in [0.4, 0.5) is 10.1 Å². The van der Waals surface area contributed by atoms with Crippen molar-refractivity contribution in [2.45, 2.75) is 31.8 Å². The molecule has 0 atom stereocenters. The van der Waals surface area contributed by atoms with Gasteiger partial charge in [0, 0.05) is 12.4 Å². The van der Waals surface area contributed by atoms with Crippen LogP contribution in [-0.4, -0.2) is 19.5 Å². The molecule has 0 aliphatic heterocycles. The van der Waals surface area contributed by atoms with E-state index in [-0.39, 0.29) is 16.7 Å². The fourth-order valence-electron chi connectivity index (χ4n) is 1.83. The Balaban J connectivity index is 2.45. The summed E-state index contributed by atoms with van der Waals surface area (Å²) in [4.78, 5) is 3.66. The Morgan fingerprint density at radius 3 is 2.64 bits per heavy atom. The zero-order chi connectivity index (χ0) is 16.3. The Hall–Kier alpha value is -2.15. The number of hydrogen-bond acceptors (Lipinski definition) is 4. The van der Waals surface area contributed by atoms with Crippen LogP contribution in [-0.2, 0) is 10.0 Å². The van der Waals surface area contributed by atoms with E-state index < -0.39 is 15.8 Å². The standard InChI is InChI=1S/C15H17FN2O3S/c1-10(2)21-14-5-4-12(16)8-15(14)22(19,20)18-13-6-7-17-9-11(13)3/h4-10H,1-3H3,(H,17,18). The van der Waals surface area contributed by atoms with E-state index in [1.807, 2.05) is 0 Å². The topological polar surface area (TPSA) is 68.3 Å². The molecule has 1 aromatic carbocycles. The molecule has 0 saturated carbocycles. The van der Waals surface area contributed by atoms with Gasteiger partial charge in [-0.15, -0.1) is 0 Å². The maximum absolute atomic E-state index is 13.5. The van der Waals surface area contributed by atoms with Gasteiger partial charge in [-0.1, -0.05) is 0 Å². The van der Waals surface area contributed by atoms with E-state index in [0.717, 1.165) is 12.1 Å². The predicted octanol–water partition coefficient (Wildman–Crippen LogP) is 3.12. The molecule has 0 bridgehead atoms. The van der Waals surface area contributed by atoms with Gasteiger partial charge < -0.3 is 4.74 Å². The molecular formula is C15H17FN2O3S. The lowest BCUT2D eigenvalue weighted by Gasteiger charge is -2.16. The molecule has 0 saturated heterocycles. The molecule has 2 rings (SSSR count). The third kappa shape index (κ3) is 3.73. The highest BCUT2D eigenvalue weighted by Gasteiger charge is 2.22. The molecule has 0 unspecified atom stereocenters. The second-order valence-corrected chi connectivity index (χ2v) is 6.70. The Morgan fingerprint density at radius 2 is 2.00 bits per heavy atom. The summed E-state index contributed by atoms with van der Waals surface area (Å²) in [5.74, 6) is -0.543. The van der Waals surface area contributed by atoms with E-state index >= 15 is 0 Å². The molecule has 0 spiro atoms. The van der Waals surface area contributed by atoms with Gasteiger partial charge in [-0.05, 0) is 50.6 Å². The first-order chi connectivity index (χ1) is 10.3. The van der Waals surface area contributed by atoms with E-state index in [2.05, 4.69) is 9.71 Å². The van der Waals surface area contributed by atoms with Crippen molar-refractivity contribution in [2.75, 3.05) is 4.72 Å². The highest BCUT2D eigenvalue weighted by molar-refractivity contribution is 7.92. The van der Waals surface area contributed by atoms with Crippen LogP contribution in [0.2, 0.25) is 0 Å². The second kappa shape index (κ2) is 6.31. The minimum Gasteiger partial charge on any atom is -0.490 e. The molecule has 7 heteroatoms. The highest BCUT2D eigenvalue weighted by atomic mass is 32.2. The highest BCUT2D eigenvalue weighted by Crippen LogP contribution is 2.28. The number of nitrogens with one attached hydrogen (secondary N) is 1. The lowest BCUT2D eigenvalue weighted by Crippen LogP contribution is -2.17. The number of pyridine rings is 1. The van der Waals surface area contributed by atoms with Gasteiger partial charge in [0.1, 0.15) is 16.5 Å². The number of aryl methyl sites for hydroxylation is 1. The first kappa shape index (κ1) is 16.2. The van der Waals surface area contributed by atoms with Crippen LogP contribution >= 0.6 is 0 Å². The monoisotopic (exact) mass is 324 g/mol. The molecular weight excluding hydrogens is 307 g/mol. The van der Waals surface area contributed by atoms with E-state index in [1.54, 1.807) is 20.8 Å². The number of anilines is 1. The van der Waals surface area contributed by atoms with Crippen molar-refractivity contribution in [1.82, 2.24) is 4.98 Å². The molecule has 5 nitrogen and oxygen atoms in total. The number of rotatable bonds is 5. The van der Waals surface area contributed by atoms with Crippen LogP contribution in [0.15, 0.2) is 41.6 Å². The molecule has 118 valence electrons. The Bertz CT molecular complexity index is 776. The lowest BCUT2D eigenvalue weighted by atomic mass is 10.3. The molecule has 0 aliphatic carbocycles. The first-order valence-electron chi connectivity index (χ1n) is 6.69. The number of nitrogens with zero attached hydrogens (tertiary/aromatic N) is 1. The number of hydrogen-bond donors (Lipinski definition) is 1. The molecule has 0 fully saturated rings. The molecule has 0 radical (unpaired) electrons. The largest absolute Gasteiger partial charge is 0.490 e. The quantitative estimate of drug-likeness (QED) is 0.917. The minimum atomic E-state index is -3.98. The molecule has 0 amide bonds. The number of benzene rings is 1. The molecule has 1 aromatic heterocycles. The molecule has 0 aliphatic rings. The van der Waals surface area contributed by atoms with E-state index in [4.69, 9.17) is 4.74 Å². The van der Waals surface area contributed by atoms with Gasteiger partial charge in [0.2, 0.25) is 0 Å². The maximum atomic E-state index is 13.5. The van der Waals surface area contributed by atoms with Crippen LogP contribution in [0.5, 0.6) is 5.75 Å². The Morgan fingerprint density at radius 1 is 1.27 bits per heavy atom. The van der Waals surface area contributed by atoms with Crippen molar-refractivity contribution in [3.05, 3.63) is 48.0 Å². The van der Waals surface area contributed by atoms with Crippen molar-refractivity contribution in [3.8, 4) is 5.75 Å². The summed E-state index contributed by atoms with van der Waals surface area (Å²) in [6.07, 6.45) is 2.78. The second-order valence-electron chi connectivity index (χ2n) is 5.05. The summed E-state index contributed by atoms with van der Waals surface area (Å²) in [5.41, 5.74) is 1.04. The van der Waals surface area contributed by atoms with Gasteiger partial charge in [0.15, 0.2) is 0 Å². The van der Waals surface area contributed by atoms with Gasteiger partial charge in [0.05, 0.1) is 11.8 Å². The maximum Gasteiger partial charge on any atom is 0.265 e. The van der Waals surface area contributed by atoms with Gasteiger partial charge in [-0.2, -0.15) is 0 Å². The SMILES string of the molecule is Cc1cnccc1NS(=O)(=O)c1cc(F)ccc1OC(C)C. The molecule has 2 aromatic rings. The van der Waals surface area contributed by atoms with Gasteiger partial charge >= 0.3 is 0 Å². The fraction of sp³-hybridized carbons (Fsp3) is 0.267. The van der Waals surface area contributed by atoms with E-state index in [9.17, 15) is 12.8 Å². The zero-order valence-corrected chi connectivity index (χ0v) is 13.3. The number of ether oxygens (including phenoxy) is 1. The fourth-order valence-corrected chi connectivity index (χ4v) is 3.11. The summed E-state index contributed by atoms with van der Waals surface area (Å²) < 4.78 is 46.4. The van der Waals surface area contributed by atoms with E-state index in [1.165, 1.54) is 24.5 Å². The zero-order valence-electron chi connectivity index (χ0n) is 12.5. The molecule has 22 heavy (non-hydrogen) atoms. The lowest BCUT2D eigenvalue weighted by molar-refractivity contribution is 0.235.